The van der Waals surface area contributed by atoms with E-state index in [0.717, 1.165) is 49.7 Å². The maximum Gasteiger partial charge on any atom is 0.185 e. The van der Waals surface area contributed by atoms with Crippen LogP contribution in [0.25, 0.3) is 0 Å². The van der Waals surface area contributed by atoms with Crippen LogP contribution in [0.4, 0.5) is 0 Å². The van der Waals surface area contributed by atoms with Gasteiger partial charge in [-0.25, -0.2) is 0 Å². The summed E-state index contributed by atoms with van der Waals surface area (Å²) in [7, 11) is 0. The molecule has 0 saturated heterocycles. The molecule has 1 aliphatic rings. The largest absolute Gasteiger partial charge is 0.289 e. The monoisotopic (exact) mass is 206 g/mol. The van der Waals surface area contributed by atoms with E-state index in [1.807, 2.05) is 0 Å². The van der Waals surface area contributed by atoms with E-state index >= 15 is 0 Å². The lowest BCUT2D eigenvalue weighted by molar-refractivity contribution is -0.112. The van der Waals surface area contributed by atoms with Gasteiger partial charge in [0.1, 0.15) is 0 Å². The van der Waals surface area contributed by atoms with Crippen molar-refractivity contribution in [2.24, 2.45) is 0 Å². The average molecular weight is 206 g/mol. The van der Waals surface area contributed by atoms with Gasteiger partial charge in [0.25, 0.3) is 0 Å². The van der Waals surface area contributed by atoms with E-state index in [1.165, 1.54) is 5.57 Å². The van der Waals surface area contributed by atoms with Gasteiger partial charge in [0, 0.05) is 11.1 Å². The molecule has 0 aromatic carbocycles. The Morgan fingerprint density at radius 3 is 2.07 bits per heavy atom. The summed E-state index contributed by atoms with van der Waals surface area (Å²) in [6, 6.07) is 0. The van der Waals surface area contributed by atoms with Crippen LogP contribution in [0, 0.1) is 0 Å². The van der Waals surface area contributed by atoms with Crippen molar-refractivity contribution in [1.29, 1.82) is 0 Å². The number of hydrogen-bond donors (Lipinski definition) is 0. The minimum atomic E-state index is 0.335. The molecule has 1 rings (SSSR count). The summed E-state index contributed by atoms with van der Waals surface area (Å²) in [6.45, 7) is 6.44. The van der Waals surface area contributed by atoms with Crippen molar-refractivity contribution < 1.29 is 4.79 Å². The zero-order valence-corrected chi connectivity index (χ0v) is 10.2. The molecule has 0 fully saturated rings. The molecule has 0 heterocycles. The van der Waals surface area contributed by atoms with Gasteiger partial charge in [-0.05, 0) is 24.8 Å². The highest BCUT2D eigenvalue weighted by Crippen LogP contribution is 2.30. The fraction of sp³-hybridized carbons (Fsp3) is 0.643. The molecule has 0 saturated carbocycles. The fourth-order valence-corrected chi connectivity index (χ4v) is 2.17. The first-order valence-corrected chi connectivity index (χ1v) is 6.21. The van der Waals surface area contributed by atoms with Gasteiger partial charge in [0.05, 0.1) is 0 Å². The number of Topliss-reactive ketones (excluding diaryl/α,β-unsaturated/α-hetero) is 1. The smallest absolute Gasteiger partial charge is 0.185 e. The van der Waals surface area contributed by atoms with E-state index in [-0.39, 0.29) is 0 Å². The predicted molar refractivity (Wildman–Crippen MR) is 64.8 cm³/mol. The number of carbonyl (C=O) groups excluding carboxylic acids is 1. The Bertz CT molecular complexity index is 294. The Morgan fingerprint density at radius 1 is 0.933 bits per heavy atom. The highest BCUT2D eigenvalue weighted by Gasteiger charge is 2.22. The number of rotatable bonds is 6. The molecule has 1 aliphatic carbocycles. The molecule has 0 atom stereocenters. The summed E-state index contributed by atoms with van der Waals surface area (Å²) < 4.78 is 0. The van der Waals surface area contributed by atoms with Crippen LogP contribution < -0.4 is 0 Å². The van der Waals surface area contributed by atoms with Crippen molar-refractivity contribution in [3.8, 4) is 0 Å². The second-order valence-corrected chi connectivity index (χ2v) is 4.25. The number of ketones is 1. The Morgan fingerprint density at radius 2 is 1.53 bits per heavy atom. The third-order valence-electron chi connectivity index (χ3n) is 2.84. The zero-order valence-electron chi connectivity index (χ0n) is 10.2. The molecule has 1 nitrogen and oxygen atoms in total. The van der Waals surface area contributed by atoms with Gasteiger partial charge in [0.2, 0.25) is 0 Å². The maximum absolute atomic E-state index is 12.0. The van der Waals surface area contributed by atoms with Gasteiger partial charge >= 0.3 is 0 Å². The van der Waals surface area contributed by atoms with Crippen molar-refractivity contribution in [2.45, 2.75) is 59.3 Å². The lowest BCUT2D eigenvalue weighted by atomic mass is 10.00. The van der Waals surface area contributed by atoms with E-state index in [4.69, 9.17) is 0 Å². The van der Waals surface area contributed by atoms with Gasteiger partial charge in [-0.1, -0.05) is 46.1 Å². The van der Waals surface area contributed by atoms with Crippen LogP contribution in [0.2, 0.25) is 0 Å². The first-order valence-electron chi connectivity index (χ1n) is 6.21. The highest BCUT2D eigenvalue weighted by atomic mass is 16.1. The lowest BCUT2D eigenvalue weighted by Crippen LogP contribution is -2.02. The SMILES string of the molecule is CCCC1=CC(CCC)=C(CCC)C1=O. The maximum atomic E-state index is 12.0. The summed E-state index contributed by atoms with van der Waals surface area (Å²) in [5, 5.41) is 0. The molecule has 0 amide bonds. The second kappa shape index (κ2) is 5.89. The fourth-order valence-electron chi connectivity index (χ4n) is 2.17. The summed E-state index contributed by atoms with van der Waals surface area (Å²) >= 11 is 0. The molecule has 0 aromatic heterocycles. The predicted octanol–water partition coefficient (Wildman–Crippen LogP) is 4.19. The molecule has 0 aliphatic heterocycles. The molecule has 0 radical (unpaired) electrons. The summed E-state index contributed by atoms with van der Waals surface area (Å²) in [5.74, 6) is 0.335. The van der Waals surface area contributed by atoms with Crippen LogP contribution in [-0.2, 0) is 4.79 Å². The second-order valence-electron chi connectivity index (χ2n) is 4.25. The summed E-state index contributed by atoms with van der Waals surface area (Å²) in [4.78, 5) is 12.0. The van der Waals surface area contributed by atoms with Gasteiger partial charge in [-0.15, -0.1) is 0 Å². The van der Waals surface area contributed by atoms with Gasteiger partial charge < -0.3 is 0 Å². The molecule has 1 heteroatoms. The Balaban J connectivity index is 2.82. The van der Waals surface area contributed by atoms with Crippen LogP contribution in [0.5, 0.6) is 0 Å². The number of hydrogen-bond acceptors (Lipinski definition) is 1. The van der Waals surface area contributed by atoms with Gasteiger partial charge in [-0.2, -0.15) is 0 Å². The van der Waals surface area contributed by atoms with E-state index < -0.39 is 0 Å². The third kappa shape index (κ3) is 2.80. The van der Waals surface area contributed by atoms with Crippen LogP contribution in [0.15, 0.2) is 22.8 Å². The molecule has 15 heavy (non-hydrogen) atoms. The molecular weight excluding hydrogens is 184 g/mol. The van der Waals surface area contributed by atoms with Crippen LogP contribution in [0.1, 0.15) is 59.3 Å². The van der Waals surface area contributed by atoms with Crippen LogP contribution >= 0.6 is 0 Å². The topological polar surface area (TPSA) is 17.1 Å². The Hall–Kier alpha value is -0.850. The molecule has 84 valence electrons. The van der Waals surface area contributed by atoms with Crippen molar-refractivity contribution in [3.05, 3.63) is 22.8 Å². The van der Waals surface area contributed by atoms with Crippen molar-refractivity contribution in [2.75, 3.05) is 0 Å². The van der Waals surface area contributed by atoms with E-state index in [2.05, 4.69) is 26.8 Å². The molecule has 0 spiro atoms. The van der Waals surface area contributed by atoms with Crippen LogP contribution in [-0.4, -0.2) is 5.78 Å². The Labute approximate surface area is 93.3 Å². The first-order chi connectivity index (χ1) is 7.24. The highest BCUT2D eigenvalue weighted by molar-refractivity contribution is 6.12. The number of carbonyl (C=O) groups is 1. The van der Waals surface area contributed by atoms with Crippen molar-refractivity contribution in [1.82, 2.24) is 0 Å². The van der Waals surface area contributed by atoms with E-state index in [0.29, 0.717) is 5.78 Å². The molecular formula is C14H22O. The molecule has 0 aromatic rings. The summed E-state index contributed by atoms with van der Waals surface area (Å²) in [6.07, 6.45) is 8.38. The van der Waals surface area contributed by atoms with Gasteiger partial charge in [0.15, 0.2) is 5.78 Å². The zero-order chi connectivity index (χ0) is 11.3. The van der Waals surface area contributed by atoms with Crippen molar-refractivity contribution >= 4 is 5.78 Å². The first kappa shape index (κ1) is 12.2. The summed E-state index contributed by atoms with van der Waals surface area (Å²) in [5.41, 5.74) is 3.46. The van der Waals surface area contributed by atoms with Crippen LogP contribution in [0.3, 0.4) is 0 Å². The lowest BCUT2D eigenvalue weighted by Gasteiger charge is -2.03. The molecule has 0 N–H and O–H groups in total. The van der Waals surface area contributed by atoms with Gasteiger partial charge in [-0.3, -0.25) is 4.79 Å². The van der Waals surface area contributed by atoms with Crippen molar-refractivity contribution in [3.63, 3.8) is 0 Å². The van der Waals surface area contributed by atoms with E-state index in [9.17, 15) is 4.79 Å². The minimum Gasteiger partial charge on any atom is -0.289 e. The third-order valence-corrected chi connectivity index (χ3v) is 2.84. The Kier molecular flexibility index (Phi) is 4.80. The molecule has 0 unspecified atom stereocenters. The normalized spacial score (nSPS) is 16.2. The standard InChI is InChI=1S/C14H22O/c1-4-7-11-10-12(8-5-2)14(15)13(11)9-6-3/h10H,4-9H2,1-3H3. The molecule has 0 bridgehead atoms. The average Bonchev–Trinajstić information content (AvgIpc) is 2.49. The van der Waals surface area contributed by atoms with E-state index in [1.54, 1.807) is 0 Å². The quantitative estimate of drug-likeness (QED) is 0.636. The number of allylic oxidation sites excluding steroid dienone is 4. The minimum absolute atomic E-state index is 0.335.